The largest absolute Gasteiger partial charge is 0.413 e. The summed E-state index contributed by atoms with van der Waals surface area (Å²) in [6.07, 6.45) is 1.19. The molecule has 1 aliphatic heterocycles. The number of cyclic esters (lactones) is 1. The molecule has 0 aliphatic carbocycles. The van der Waals surface area contributed by atoms with Crippen molar-refractivity contribution in [2.75, 3.05) is 0 Å². The van der Waals surface area contributed by atoms with Crippen molar-refractivity contribution in [2.45, 2.75) is 6.04 Å². The summed E-state index contributed by atoms with van der Waals surface area (Å²) in [5, 5.41) is 0. The number of esters is 1. The lowest BCUT2D eigenvalue weighted by molar-refractivity contribution is -0.134. The van der Waals surface area contributed by atoms with Crippen LogP contribution in [0.15, 0.2) is 35.3 Å². The van der Waals surface area contributed by atoms with E-state index in [0.717, 1.165) is 5.56 Å². The van der Waals surface area contributed by atoms with Gasteiger partial charge in [-0.1, -0.05) is 30.3 Å². The molecule has 3 heteroatoms. The Kier molecular flexibility index (Phi) is 1.63. The van der Waals surface area contributed by atoms with Gasteiger partial charge < -0.3 is 4.74 Å². The smallest absolute Gasteiger partial charge is 0.341 e. The van der Waals surface area contributed by atoms with Crippen LogP contribution in [0.3, 0.4) is 0 Å². The van der Waals surface area contributed by atoms with E-state index in [2.05, 4.69) is 9.73 Å². The van der Waals surface area contributed by atoms with Crippen LogP contribution in [0.4, 0.5) is 0 Å². The number of aliphatic imine (C=N–C) groups is 1. The normalized spacial score (nSPS) is 21.0. The Labute approximate surface area is 69.7 Å². The maximum absolute atomic E-state index is 11.0. The summed E-state index contributed by atoms with van der Waals surface area (Å²) in [6, 6.07) is 8.90. The minimum atomic E-state index is -0.453. The van der Waals surface area contributed by atoms with Gasteiger partial charge in [0.15, 0.2) is 12.4 Å². The number of carbonyl (C=O) groups is 1. The number of ether oxygens (including phenoxy) is 1. The van der Waals surface area contributed by atoms with Gasteiger partial charge in [-0.05, 0) is 5.56 Å². The first-order valence-corrected chi connectivity index (χ1v) is 3.65. The van der Waals surface area contributed by atoms with Crippen LogP contribution in [0.5, 0.6) is 0 Å². The Hall–Kier alpha value is -1.64. The first-order valence-electron chi connectivity index (χ1n) is 3.65. The second-order valence-corrected chi connectivity index (χ2v) is 2.50. The molecular weight excluding hydrogens is 154 g/mol. The second-order valence-electron chi connectivity index (χ2n) is 2.50. The van der Waals surface area contributed by atoms with Crippen molar-refractivity contribution in [3.05, 3.63) is 35.9 Å². The minimum Gasteiger partial charge on any atom is -0.413 e. The zero-order valence-corrected chi connectivity index (χ0v) is 6.31. The van der Waals surface area contributed by atoms with E-state index in [9.17, 15) is 4.79 Å². The van der Waals surface area contributed by atoms with Crippen LogP contribution in [0, 0.1) is 0 Å². The highest BCUT2D eigenvalue weighted by Gasteiger charge is 2.24. The van der Waals surface area contributed by atoms with Crippen LogP contribution in [0.1, 0.15) is 11.6 Å². The Balaban J connectivity index is 2.31. The highest BCUT2D eigenvalue weighted by Crippen LogP contribution is 2.21. The van der Waals surface area contributed by atoms with Crippen molar-refractivity contribution in [1.82, 2.24) is 0 Å². The predicted octanol–water partition coefficient (Wildman–Crippen LogP) is 1.31. The van der Waals surface area contributed by atoms with Crippen LogP contribution in [-0.4, -0.2) is 12.4 Å². The summed E-state index contributed by atoms with van der Waals surface area (Å²) >= 11 is 0. The van der Waals surface area contributed by atoms with Crippen LogP contribution in [0.2, 0.25) is 0 Å². The molecule has 0 saturated carbocycles. The number of benzene rings is 1. The molecule has 0 amide bonds. The quantitative estimate of drug-likeness (QED) is 0.582. The highest BCUT2D eigenvalue weighted by molar-refractivity contribution is 5.88. The van der Waals surface area contributed by atoms with E-state index in [1.54, 1.807) is 0 Å². The monoisotopic (exact) mass is 161 g/mol. The molecule has 12 heavy (non-hydrogen) atoms. The van der Waals surface area contributed by atoms with Crippen molar-refractivity contribution >= 4 is 12.4 Å². The maximum atomic E-state index is 11.0. The molecule has 1 atom stereocenters. The summed E-state index contributed by atoms with van der Waals surface area (Å²) in [7, 11) is 0. The van der Waals surface area contributed by atoms with Gasteiger partial charge in [0.1, 0.15) is 0 Å². The summed E-state index contributed by atoms with van der Waals surface area (Å²) in [4.78, 5) is 14.9. The van der Waals surface area contributed by atoms with E-state index in [1.807, 2.05) is 30.3 Å². The molecule has 1 unspecified atom stereocenters. The lowest BCUT2D eigenvalue weighted by Gasteiger charge is -2.01. The fraction of sp³-hybridized carbons (Fsp3) is 0.111. The fourth-order valence-electron chi connectivity index (χ4n) is 1.13. The van der Waals surface area contributed by atoms with Gasteiger partial charge in [0.2, 0.25) is 0 Å². The molecule has 1 aliphatic rings. The molecule has 60 valence electrons. The predicted molar refractivity (Wildman–Crippen MR) is 43.8 cm³/mol. The van der Waals surface area contributed by atoms with Crippen molar-refractivity contribution in [3.63, 3.8) is 0 Å². The van der Waals surface area contributed by atoms with Crippen LogP contribution in [-0.2, 0) is 9.53 Å². The van der Waals surface area contributed by atoms with Gasteiger partial charge in [0, 0.05) is 0 Å². The standard InChI is InChI=1S/C9H7NO2/c11-9-8(10-6-12-9)7-4-2-1-3-5-7/h1-6,8H. The van der Waals surface area contributed by atoms with Gasteiger partial charge >= 0.3 is 5.97 Å². The van der Waals surface area contributed by atoms with E-state index in [1.165, 1.54) is 6.40 Å². The zero-order chi connectivity index (χ0) is 8.39. The molecule has 0 saturated heterocycles. The summed E-state index contributed by atoms with van der Waals surface area (Å²) in [6.45, 7) is 0. The lowest BCUT2D eigenvalue weighted by Crippen LogP contribution is -2.05. The van der Waals surface area contributed by atoms with E-state index in [4.69, 9.17) is 0 Å². The average Bonchev–Trinajstić information content (AvgIpc) is 2.53. The molecule has 0 N–H and O–H groups in total. The first-order chi connectivity index (χ1) is 5.88. The molecular formula is C9H7NO2. The molecule has 0 radical (unpaired) electrons. The fourth-order valence-corrected chi connectivity index (χ4v) is 1.13. The molecule has 0 fully saturated rings. The molecule has 3 nitrogen and oxygen atoms in total. The third kappa shape index (κ3) is 1.09. The molecule has 0 aromatic heterocycles. The summed E-state index contributed by atoms with van der Waals surface area (Å²) in [5.41, 5.74) is 0.872. The third-order valence-electron chi connectivity index (χ3n) is 1.72. The molecule has 0 bridgehead atoms. The average molecular weight is 161 g/mol. The molecule has 1 heterocycles. The van der Waals surface area contributed by atoms with Gasteiger partial charge in [-0.2, -0.15) is 0 Å². The Morgan fingerprint density at radius 2 is 2.00 bits per heavy atom. The first kappa shape index (κ1) is 7.03. The van der Waals surface area contributed by atoms with Gasteiger partial charge in [-0.25, -0.2) is 9.79 Å². The zero-order valence-electron chi connectivity index (χ0n) is 6.31. The Morgan fingerprint density at radius 1 is 1.25 bits per heavy atom. The van der Waals surface area contributed by atoms with Gasteiger partial charge in [-0.3, -0.25) is 0 Å². The van der Waals surface area contributed by atoms with Gasteiger partial charge in [0.05, 0.1) is 0 Å². The molecule has 0 spiro atoms. The van der Waals surface area contributed by atoms with Crippen molar-refractivity contribution in [3.8, 4) is 0 Å². The lowest BCUT2D eigenvalue weighted by atomic mass is 10.1. The third-order valence-corrected chi connectivity index (χ3v) is 1.72. The van der Waals surface area contributed by atoms with Crippen LogP contribution >= 0.6 is 0 Å². The molecule has 1 aromatic carbocycles. The van der Waals surface area contributed by atoms with Crippen LogP contribution in [0.25, 0.3) is 0 Å². The van der Waals surface area contributed by atoms with Crippen molar-refractivity contribution in [1.29, 1.82) is 0 Å². The van der Waals surface area contributed by atoms with Crippen LogP contribution < -0.4 is 0 Å². The number of hydrogen-bond acceptors (Lipinski definition) is 3. The number of hydrogen-bond donors (Lipinski definition) is 0. The SMILES string of the molecule is O=C1OC=NC1c1ccccc1. The van der Waals surface area contributed by atoms with Gasteiger partial charge in [0.25, 0.3) is 0 Å². The van der Waals surface area contributed by atoms with E-state index < -0.39 is 6.04 Å². The van der Waals surface area contributed by atoms with E-state index in [-0.39, 0.29) is 5.97 Å². The number of nitrogens with zero attached hydrogens (tertiary/aromatic N) is 1. The van der Waals surface area contributed by atoms with Gasteiger partial charge in [-0.15, -0.1) is 0 Å². The topological polar surface area (TPSA) is 38.7 Å². The molecule has 2 rings (SSSR count). The van der Waals surface area contributed by atoms with Crippen molar-refractivity contribution in [2.24, 2.45) is 4.99 Å². The summed E-state index contributed by atoms with van der Waals surface area (Å²) in [5.74, 6) is -0.304. The van der Waals surface area contributed by atoms with E-state index in [0.29, 0.717) is 0 Å². The summed E-state index contributed by atoms with van der Waals surface area (Å²) < 4.78 is 4.59. The Bertz CT molecular complexity index is 319. The van der Waals surface area contributed by atoms with E-state index >= 15 is 0 Å². The minimum absolute atomic E-state index is 0.304. The second kappa shape index (κ2) is 2.77. The Morgan fingerprint density at radius 3 is 2.58 bits per heavy atom. The van der Waals surface area contributed by atoms with Crippen molar-refractivity contribution < 1.29 is 9.53 Å². The molecule has 1 aromatic rings. The number of rotatable bonds is 1. The maximum Gasteiger partial charge on any atom is 0.341 e. The highest BCUT2D eigenvalue weighted by atomic mass is 16.5. The number of carbonyl (C=O) groups excluding carboxylic acids is 1.